The van der Waals surface area contributed by atoms with Crippen LogP contribution < -0.4 is 15.8 Å². The molecule has 0 aromatic heterocycles. The molecular formula is C17H27ClN2O2. The van der Waals surface area contributed by atoms with Crippen molar-refractivity contribution in [2.45, 2.75) is 57.5 Å². The highest BCUT2D eigenvalue weighted by atomic mass is 35.5. The van der Waals surface area contributed by atoms with Crippen molar-refractivity contribution in [3.8, 4) is 5.75 Å². The summed E-state index contributed by atoms with van der Waals surface area (Å²) in [6.45, 7) is 2.60. The minimum Gasteiger partial charge on any atom is -0.493 e. The molecule has 22 heavy (non-hydrogen) atoms. The van der Waals surface area contributed by atoms with Crippen molar-refractivity contribution in [3.05, 3.63) is 29.8 Å². The molecule has 1 aliphatic rings. The number of aryl methyl sites for hydroxylation is 1. The lowest BCUT2D eigenvalue weighted by Gasteiger charge is -2.26. The maximum Gasteiger partial charge on any atom is 0.220 e. The van der Waals surface area contributed by atoms with E-state index in [1.165, 1.54) is 0 Å². The van der Waals surface area contributed by atoms with E-state index in [1.54, 1.807) is 0 Å². The van der Waals surface area contributed by atoms with Gasteiger partial charge in [-0.25, -0.2) is 0 Å². The molecule has 0 saturated heterocycles. The molecule has 1 aliphatic carbocycles. The Labute approximate surface area is 139 Å². The predicted molar refractivity (Wildman–Crippen MR) is 91.5 cm³/mol. The van der Waals surface area contributed by atoms with Gasteiger partial charge in [-0.2, -0.15) is 0 Å². The van der Waals surface area contributed by atoms with Crippen molar-refractivity contribution < 1.29 is 9.53 Å². The van der Waals surface area contributed by atoms with Gasteiger partial charge >= 0.3 is 0 Å². The van der Waals surface area contributed by atoms with Crippen LogP contribution in [-0.2, 0) is 4.79 Å². The molecule has 0 heterocycles. The van der Waals surface area contributed by atoms with E-state index in [9.17, 15) is 4.79 Å². The third kappa shape index (κ3) is 6.24. The summed E-state index contributed by atoms with van der Waals surface area (Å²) in [4.78, 5) is 11.9. The zero-order chi connectivity index (χ0) is 15.1. The van der Waals surface area contributed by atoms with Crippen LogP contribution in [0.1, 0.15) is 44.1 Å². The monoisotopic (exact) mass is 326 g/mol. The van der Waals surface area contributed by atoms with Crippen molar-refractivity contribution in [3.63, 3.8) is 0 Å². The maximum atomic E-state index is 11.9. The van der Waals surface area contributed by atoms with Gasteiger partial charge in [0.15, 0.2) is 0 Å². The predicted octanol–water partition coefficient (Wildman–Crippen LogP) is 2.96. The van der Waals surface area contributed by atoms with Gasteiger partial charge in [-0.15, -0.1) is 12.4 Å². The second-order valence-electron chi connectivity index (χ2n) is 5.90. The Morgan fingerprint density at radius 2 is 1.95 bits per heavy atom. The number of benzene rings is 1. The molecular weight excluding hydrogens is 300 g/mol. The Morgan fingerprint density at radius 3 is 2.64 bits per heavy atom. The van der Waals surface area contributed by atoms with E-state index in [1.807, 2.05) is 31.2 Å². The molecule has 1 aromatic rings. The van der Waals surface area contributed by atoms with E-state index in [0.717, 1.165) is 43.4 Å². The van der Waals surface area contributed by atoms with Gasteiger partial charge in [0.05, 0.1) is 6.61 Å². The van der Waals surface area contributed by atoms with E-state index in [4.69, 9.17) is 10.5 Å². The Hall–Kier alpha value is -1.26. The van der Waals surface area contributed by atoms with Crippen molar-refractivity contribution in [1.82, 2.24) is 5.32 Å². The molecule has 1 amide bonds. The average Bonchev–Trinajstić information content (AvgIpc) is 2.48. The van der Waals surface area contributed by atoms with Crippen LogP contribution in [0.3, 0.4) is 0 Å². The first-order valence-corrected chi connectivity index (χ1v) is 7.88. The molecule has 3 N–H and O–H groups in total. The summed E-state index contributed by atoms with van der Waals surface area (Å²) in [6.07, 6.45) is 5.31. The molecule has 2 rings (SSSR count). The third-order valence-electron chi connectivity index (χ3n) is 4.04. The van der Waals surface area contributed by atoms with Crippen LogP contribution in [0, 0.1) is 6.92 Å². The number of amides is 1. The number of nitrogens with one attached hydrogen (secondary N) is 1. The van der Waals surface area contributed by atoms with Crippen LogP contribution in [-0.4, -0.2) is 24.6 Å². The Bertz CT molecular complexity index is 460. The summed E-state index contributed by atoms with van der Waals surface area (Å²) in [7, 11) is 0. The van der Waals surface area contributed by atoms with Gasteiger partial charge in [-0.3, -0.25) is 4.79 Å². The number of halogens is 1. The van der Waals surface area contributed by atoms with Gasteiger partial charge in [0.25, 0.3) is 0 Å². The van der Waals surface area contributed by atoms with E-state index < -0.39 is 0 Å². The minimum atomic E-state index is 0. The summed E-state index contributed by atoms with van der Waals surface area (Å²) < 4.78 is 5.69. The maximum absolute atomic E-state index is 11.9. The van der Waals surface area contributed by atoms with E-state index in [0.29, 0.717) is 25.1 Å². The number of ether oxygens (including phenoxy) is 1. The fourth-order valence-corrected chi connectivity index (χ4v) is 2.70. The normalized spacial score (nSPS) is 20.8. The molecule has 0 aliphatic heterocycles. The fraction of sp³-hybridized carbons (Fsp3) is 0.588. The van der Waals surface area contributed by atoms with E-state index in [2.05, 4.69) is 5.32 Å². The van der Waals surface area contributed by atoms with Gasteiger partial charge in [-0.1, -0.05) is 18.2 Å². The molecule has 4 nitrogen and oxygen atoms in total. The number of hydrogen-bond acceptors (Lipinski definition) is 3. The molecule has 0 spiro atoms. The minimum absolute atomic E-state index is 0. The molecule has 0 unspecified atom stereocenters. The third-order valence-corrected chi connectivity index (χ3v) is 4.04. The first-order valence-electron chi connectivity index (χ1n) is 7.88. The largest absolute Gasteiger partial charge is 0.493 e. The molecule has 0 atom stereocenters. The second-order valence-corrected chi connectivity index (χ2v) is 5.90. The van der Waals surface area contributed by atoms with Crippen molar-refractivity contribution in [2.24, 2.45) is 5.73 Å². The first-order chi connectivity index (χ1) is 10.1. The molecule has 5 heteroatoms. The number of carbonyl (C=O) groups excluding carboxylic acids is 1. The number of hydrogen-bond donors (Lipinski definition) is 2. The standard InChI is InChI=1S/C17H26N2O2.ClH/c1-13-5-2-3-6-16(13)21-12-4-7-17(20)19-15-10-8-14(18)9-11-15;/h2-3,5-6,14-15H,4,7-12,18H2,1H3,(H,19,20);1H. The number of rotatable bonds is 6. The lowest BCUT2D eigenvalue weighted by Crippen LogP contribution is -2.40. The molecule has 0 radical (unpaired) electrons. The highest BCUT2D eigenvalue weighted by molar-refractivity contribution is 5.85. The Balaban J connectivity index is 0.00000242. The van der Waals surface area contributed by atoms with Gasteiger partial charge in [0.2, 0.25) is 5.91 Å². The van der Waals surface area contributed by atoms with Gasteiger partial charge in [-0.05, 0) is 50.7 Å². The molecule has 1 aromatic carbocycles. The van der Waals surface area contributed by atoms with Crippen LogP contribution in [0.25, 0.3) is 0 Å². The SMILES string of the molecule is Cc1ccccc1OCCCC(=O)NC1CCC(N)CC1.Cl. The zero-order valence-corrected chi connectivity index (χ0v) is 14.0. The van der Waals surface area contributed by atoms with Gasteiger partial charge in [0.1, 0.15) is 5.75 Å². The van der Waals surface area contributed by atoms with Gasteiger partial charge in [0, 0.05) is 18.5 Å². The summed E-state index contributed by atoms with van der Waals surface area (Å²) >= 11 is 0. The smallest absolute Gasteiger partial charge is 0.220 e. The van der Waals surface area contributed by atoms with Crippen molar-refractivity contribution in [2.75, 3.05) is 6.61 Å². The van der Waals surface area contributed by atoms with E-state index >= 15 is 0 Å². The molecule has 1 saturated carbocycles. The Kier molecular flexibility index (Phi) is 8.28. The highest BCUT2D eigenvalue weighted by Gasteiger charge is 2.19. The Morgan fingerprint density at radius 1 is 1.27 bits per heavy atom. The summed E-state index contributed by atoms with van der Waals surface area (Å²) in [6, 6.07) is 8.57. The van der Waals surface area contributed by atoms with Gasteiger partial charge < -0.3 is 15.8 Å². The quantitative estimate of drug-likeness (QED) is 0.790. The lowest BCUT2D eigenvalue weighted by molar-refractivity contribution is -0.122. The van der Waals surface area contributed by atoms with Crippen LogP contribution in [0.4, 0.5) is 0 Å². The summed E-state index contributed by atoms with van der Waals surface area (Å²) in [5.74, 6) is 1.03. The number of nitrogens with two attached hydrogens (primary N) is 1. The zero-order valence-electron chi connectivity index (χ0n) is 13.2. The molecule has 0 bridgehead atoms. The number of carbonyl (C=O) groups is 1. The van der Waals surface area contributed by atoms with Crippen molar-refractivity contribution in [1.29, 1.82) is 0 Å². The topological polar surface area (TPSA) is 64.3 Å². The number of para-hydroxylation sites is 1. The summed E-state index contributed by atoms with van der Waals surface area (Å²) in [5.41, 5.74) is 6.99. The van der Waals surface area contributed by atoms with Crippen LogP contribution in [0.15, 0.2) is 24.3 Å². The molecule has 124 valence electrons. The van der Waals surface area contributed by atoms with Crippen LogP contribution >= 0.6 is 12.4 Å². The van der Waals surface area contributed by atoms with Crippen LogP contribution in [0.2, 0.25) is 0 Å². The average molecular weight is 327 g/mol. The second kappa shape index (κ2) is 9.70. The fourth-order valence-electron chi connectivity index (χ4n) is 2.70. The first kappa shape index (κ1) is 18.8. The lowest BCUT2D eigenvalue weighted by atomic mass is 9.92. The van der Waals surface area contributed by atoms with Crippen molar-refractivity contribution >= 4 is 18.3 Å². The highest BCUT2D eigenvalue weighted by Crippen LogP contribution is 2.18. The molecule has 1 fully saturated rings. The van der Waals surface area contributed by atoms with Crippen LogP contribution in [0.5, 0.6) is 5.75 Å². The van der Waals surface area contributed by atoms with E-state index in [-0.39, 0.29) is 18.3 Å². The summed E-state index contributed by atoms with van der Waals surface area (Å²) in [5, 5.41) is 3.10.